The summed E-state index contributed by atoms with van der Waals surface area (Å²) in [7, 11) is -3.52. The summed E-state index contributed by atoms with van der Waals surface area (Å²) < 4.78 is 20.6. The van der Waals surface area contributed by atoms with E-state index in [2.05, 4.69) is 9.98 Å². The molecule has 1 saturated heterocycles. The van der Waals surface area contributed by atoms with E-state index in [1.807, 2.05) is 0 Å². The molecule has 1 rings (SSSR count). The molecule has 42 valence electrons. The molecule has 1 fully saturated rings. The maximum absolute atomic E-state index is 9.97. The quantitative estimate of drug-likeness (QED) is 0.427. The van der Waals surface area contributed by atoms with E-state index < -0.39 is 10.2 Å². The standard InChI is InChI=1S/CH4N2O3S/c2-7(4,5)3-1-6-3/h1H2,(H2,2,4,5). The lowest BCUT2D eigenvalue weighted by atomic mass is 11.5. The van der Waals surface area contributed by atoms with Crippen molar-refractivity contribution in [2.75, 3.05) is 6.73 Å². The molecule has 0 amide bonds. The zero-order chi connectivity index (χ0) is 5.49. The van der Waals surface area contributed by atoms with Crippen molar-refractivity contribution in [3.05, 3.63) is 0 Å². The van der Waals surface area contributed by atoms with Gasteiger partial charge in [-0.2, -0.15) is 8.42 Å². The lowest BCUT2D eigenvalue weighted by molar-refractivity contribution is 0.294. The summed E-state index contributed by atoms with van der Waals surface area (Å²) in [6, 6.07) is 0. The molecule has 7 heavy (non-hydrogen) atoms. The lowest BCUT2D eigenvalue weighted by Crippen LogP contribution is -2.20. The fourth-order valence-electron chi connectivity index (χ4n) is 0.170. The summed E-state index contributed by atoms with van der Waals surface area (Å²) in [5.74, 6) is 0. The molecule has 0 aromatic rings. The van der Waals surface area contributed by atoms with Crippen molar-refractivity contribution >= 4 is 10.2 Å². The first-order chi connectivity index (χ1) is 3.11. The summed E-state index contributed by atoms with van der Waals surface area (Å²) in [6.07, 6.45) is 0. The van der Waals surface area contributed by atoms with Gasteiger partial charge in [-0.25, -0.2) is 5.14 Å². The molecule has 6 heteroatoms. The Balaban J connectivity index is 2.71. The zero-order valence-electron chi connectivity index (χ0n) is 3.36. The van der Waals surface area contributed by atoms with E-state index in [-0.39, 0.29) is 6.73 Å². The molecule has 0 spiro atoms. The molecule has 1 aliphatic rings. The van der Waals surface area contributed by atoms with Crippen molar-refractivity contribution in [3.8, 4) is 0 Å². The first-order valence-electron chi connectivity index (χ1n) is 1.54. The highest BCUT2D eigenvalue weighted by Gasteiger charge is 2.30. The molecule has 0 aliphatic carbocycles. The predicted molar refractivity (Wildman–Crippen MR) is 20.9 cm³/mol. The number of hydrogen-bond acceptors (Lipinski definition) is 3. The molecule has 1 heterocycles. The summed E-state index contributed by atoms with van der Waals surface area (Å²) >= 11 is 0. The van der Waals surface area contributed by atoms with Crippen molar-refractivity contribution in [2.45, 2.75) is 0 Å². The summed E-state index contributed by atoms with van der Waals surface area (Å²) in [5, 5.41) is 4.51. The Kier molecular flexibility index (Phi) is 0.824. The molecule has 2 N–H and O–H groups in total. The minimum Gasteiger partial charge on any atom is -0.262 e. The van der Waals surface area contributed by atoms with Crippen molar-refractivity contribution in [3.63, 3.8) is 0 Å². The zero-order valence-corrected chi connectivity index (χ0v) is 4.18. The van der Waals surface area contributed by atoms with Gasteiger partial charge in [0.2, 0.25) is 0 Å². The van der Waals surface area contributed by atoms with Crippen LogP contribution in [0.1, 0.15) is 0 Å². The monoisotopic (exact) mass is 124 g/mol. The maximum Gasteiger partial charge on any atom is 0.301 e. The van der Waals surface area contributed by atoms with Crippen LogP contribution in [0, 0.1) is 0 Å². The van der Waals surface area contributed by atoms with Crippen molar-refractivity contribution in [2.24, 2.45) is 5.14 Å². The van der Waals surface area contributed by atoms with Gasteiger partial charge in [0.1, 0.15) is 0 Å². The van der Waals surface area contributed by atoms with Crippen molar-refractivity contribution in [1.82, 2.24) is 4.47 Å². The van der Waals surface area contributed by atoms with Crippen LogP contribution in [-0.4, -0.2) is 19.6 Å². The van der Waals surface area contributed by atoms with Gasteiger partial charge in [-0.3, -0.25) is 4.84 Å². The van der Waals surface area contributed by atoms with Crippen LogP contribution in [0.2, 0.25) is 0 Å². The van der Waals surface area contributed by atoms with Gasteiger partial charge in [0, 0.05) is 0 Å². The Morgan fingerprint density at radius 2 is 2.14 bits per heavy atom. The second kappa shape index (κ2) is 1.16. The molecular formula is CH4N2O3S. The molecule has 0 bridgehead atoms. The van der Waals surface area contributed by atoms with Gasteiger partial charge in [-0.1, -0.05) is 0 Å². The van der Waals surface area contributed by atoms with Gasteiger partial charge in [0.15, 0.2) is 6.73 Å². The third-order valence-electron chi connectivity index (χ3n) is 0.518. The second-order valence-corrected chi connectivity index (χ2v) is 2.54. The Bertz CT molecular complexity index is 156. The number of rotatable bonds is 1. The van der Waals surface area contributed by atoms with Crippen LogP contribution in [0.5, 0.6) is 0 Å². The molecule has 0 saturated carbocycles. The highest BCUT2D eigenvalue weighted by atomic mass is 32.2. The van der Waals surface area contributed by atoms with Crippen LogP contribution < -0.4 is 5.14 Å². The van der Waals surface area contributed by atoms with E-state index in [1.165, 1.54) is 0 Å². The van der Waals surface area contributed by atoms with Gasteiger partial charge < -0.3 is 0 Å². The summed E-state index contributed by atoms with van der Waals surface area (Å²) in [6.45, 7) is 0.0961. The number of nitrogens with two attached hydrogens (primary N) is 1. The van der Waals surface area contributed by atoms with Crippen molar-refractivity contribution < 1.29 is 13.3 Å². The largest absolute Gasteiger partial charge is 0.301 e. The Hall–Kier alpha value is -0.170. The Labute approximate surface area is 40.8 Å². The molecule has 1 aliphatic heterocycles. The first kappa shape index (κ1) is 4.98. The van der Waals surface area contributed by atoms with Crippen LogP contribution in [0.3, 0.4) is 0 Å². The first-order valence-corrected chi connectivity index (χ1v) is 3.04. The van der Waals surface area contributed by atoms with E-state index in [0.29, 0.717) is 4.47 Å². The number of hydroxylamine groups is 1. The molecule has 0 aromatic carbocycles. The van der Waals surface area contributed by atoms with Gasteiger partial charge in [-0.15, -0.1) is 0 Å². The van der Waals surface area contributed by atoms with Gasteiger partial charge in [0.05, 0.1) is 0 Å². The fourth-order valence-corrected chi connectivity index (χ4v) is 0.511. The molecule has 5 nitrogen and oxygen atoms in total. The molecule has 1 unspecified atom stereocenters. The number of hydrogen-bond donors (Lipinski definition) is 1. The lowest BCUT2D eigenvalue weighted by Gasteiger charge is -1.84. The van der Waals surface area contributed by atoms with Crippen LogP contribution in [0.4, 0.5) is 0 Å². The van der Waals surface area contributed by atoms with E-state index in [9.17, 15) is 8.42 Å². The highest BCUT2D eigenvalue weighted by molar-refractivity contribution is 7.86. The van der Waals surface area contributed by atoms with Crippen LogP contribution in [-0.2, 0) is 15.0 Å². The molecular weight excluding hydrogens is 120 g/mol. The SMILES string of the molecule is NS(=O)(=O)N1CO1. The summed E-state index contributed by atoms with van der Waals surface area (Å²) in [5.41, 5.74) is 0. The highest BCUT2D eigenvalue weighted by Crippen LogP contribution is 2.08. The third-order valence-corrected chi connectivity index (χ3v) is 1.30. The average molecular weight is 124 g/mol. The van der Waals surface area contributed by atoms with Gasteiger partial charge >= 0.3 is 10.2 Å². The van der Waals surface area contributed by atoms with E-state index >= 15 is 0 Å². The van der Waals surface area contributed by atoms with Crippen LogP contribution in [0.25, 0.3) is 0 Å². The van der Waals surface area contributed by atoms with Gasteiger partial charge in [0.25, 0.3) is 0 Å². The predicted octanol–water partition coefficient (Wildman–Crippen LogP) is -1.61. The van der Waals surface area contributed by atoms with Crippen LogP contribution >= 0.6 is 0 Å². The Morgan fingerprint density at radius 3 is 2.14 bits per heavy atom. The van der Waals surface area contributed by atoms with E-state index in [0.717, 1.165) is 0 Å². The number of nitrogens with zero attached hydrogens (tertiary/aromatic N) is 1. The molecule has 0 aromatic heterocycles. The minimum atomic E-state index is -3.52. The molecule has 1 atom stereocenters. The normalized spacial score (nSPS) is 30.1. The topological polar surface area (TPSA) is 75.7 Å². The van der Waals surface area contributed by atoms with E-state index in [4.69, 9.17) is 0 Å². The molecule has 0 radical (unpaired) electrons. The fraction of sp³-hybridized carbons (Fsp3) is 1.00. The Morgan fingerprint density at radius 1 is 1.71 bits per heavy atom. The van der Waals surface area contributed by atoms with Gasteiger partial charge in [-0.05, 0) is 4.47 Å². The average Bonchev–Trinajstić information content (AvgIpc) is 1.99. The van der Waals surface area contributed by atoms with Crippen LogP contribution in [0.15, 0.2) is 0 Å². The second-order valence-electron chi connectivity index (χ2n) is 1.11. The van der Waals surface area contributed by atoms with Crippen molar-refractivity contribution in [1.29, 1.82) is 0 Å². The minimum absolute atomic E-state index is 0.0961. The third kappa shape index (κ3) is 1.10. The van der Waals surface area contributed by atoms with E-state index in [1.54, 1.807) is 0 Å². The maximum atomic E-state index is 9.97. The smallest absolute Gasteiger partial charge is 0.262 e. The summed E-state index contributed by atoms with van der Waals surface area (Å²) in [4.78, 5) is 4.19.